The van der Waals surface area contributed by atoms with E-state index in [1.54, 1.807) is 48.5 Å². The maximum atomic E-state index is 13.3. The molecule has 0 atom stereocenters. The zero-order valence-electron chi connectivity index (χ0n) is 19.3. The van der Waals surface area contributed by atoms with Crippen LogP contribution >= 0.6 is 0 Å². The highest BCUT2D eigenvalue weighted by atomic mass is 16.5. The van der Waals surface area contributed by atoms with Crippen LogP contribution in [0.15, 0.2) is 54.2 Å². The number of nitrogens with one attached hydrogen (secondary N) is 2. The predicted molar refractivity (Wildman–Crippen MR) is 127 cm³/mol. The van der Waals surface area contributed by atoms with E-state index in [4.69, 9.17) is 9.47 Å². The van der Waals surface area contributed by atoms with Gasteiger partial charge in [-0.3, -0.25) is 19.3 Å². The standard InChI is InChI=1S/C25H29N3O5/c1-5-32-21-12-10-20(11-13-21)27-23-22(18-6-8-19(9-7-18)26-17(4)29)24(30)28(25(23)31)14-15-33-16(2)3/h6-13,16,27H,5,14-15H2,1-4H3,(H,26,29). The minimum Gasteiger partial charge on any atom is -0.494 e. The van der Waals surface area contributed by atoms with E-state index in [-0.39, 0.29) is 36.4 Å². The summed E-state index contributed by atoms with van der Waals surface area (Å²) in [6.45, 7) is 8.07. The molecule has 8 nitrogen and oxygen atoms in total. The van der Waals surface area contributed by atoms with E-state index in [1.165, 1.54) is 11.8 Å². The topological polar surface area (TPSA) is 97.0 Å². The summed E-state index contributed by atoms with van der Waals surface area (Å²) in [6, 6.07) is 14.0. The van der Waals surface area contributed by atoms with Gasteiger partial charge in [-0.2, -0.15) is 0 Å². The number of nitrogens with zero attached hydrogens (tertiary/aromatic N) is 1. The maximum absolute atomic E-state index is 13.3. The van der Waals surface area contributed by atoms with Crippen molar-refractivity contribution in [2.45, 2.75) is 33.8 Å². The summed E-state index contributed by atoms with van der Waals surface area (Å²) >= 11 is 0. The van der Waals surface area contributed by atoms with Gasteiger partial charge in [0.05, 0.1) is 31.4 Å². The Bertz CT molecular complexity index is 1040. The second-order valence-electron chi connectivity index (χ2n) is 7.77. The van der Waals surface area contributed by atoms with Crippen LogP contribution in [0.1, 0.15) is 33.3 Å². The van der Waals surface area contributed by atoms with Gasteiger partial charge in [-0.05, 0) is 62.7 Å². The van der Waals surface area contributed by atoms with Gasteiger partial charge in [0.1, 0.15) is 11.4 Å². The Labute approximate surface area is 193 Å². The van der Waals surface area contributed by atoms with Crippen LogP contribution in [0.3, 0.4) is 0 Å². The molecule has 3 rings (SSSR count). The van der Waals surface area contributed by atoms with Gasteiger partial charge in [-0.1, -0.05) is 12.1 Å². The number of benzene rings is 2. The van der Waals surface area contributed by atoms with Crippen LogP contribution in [0, 0.1) is 0 Å². The first kappa shape index (κ1) is 24.0. The number of rotatable bonds is 10. The summed E-state index contributed by atoms with van der Waals surface area (Å²) in [7, 11) is 0. The highest BCUT2D eigenvalue weighted by Crippen LogP contribution is 2.31. The SMILES string of the molecule is CCOc1ccc(NC2=C(c3ccc(NC(C)=O)cc3)C(=O)N(CCOC(C)C)C2=O)cc1. The molecular weight excluding hydrogens is 422 g/mol. The first-order valence-corrected chi connectivity index (χ1v) is 10.9. The Kier molecular flexibility index (Phi) is 7.84. The van der Waals surface area contributed by atoms with Crippen LogP contribution in [0.2, 0.25) is 0 Å². The van der Waals surface area contributed by atoms with Crippen molar-refractivity contribution >= 4 is 34.7 Å². The summed E-state index contributed by atoms with van der Waals surface area (Å²) in [6.07, 6.45) is -0.00648. The molecule has 1 aliphatic heterocycles. The van der Waals surface area contributed by atoms with E-state index in [0.29, 0.717) is 29.3 Å². The molecule has 0 unspecified atom stereocenters. The second-order valence-corrected chi connectivity index (χ2v) is 7.77. The lowest BCUT2D eigenvalue weighted by molar-refractivity contribution is -0.138. The molecule has 2 aromatic carbocycles. The Morgan fingerprint density at radius 1 is 0.970 bits per heavy atom. The third kappa shape index (κ3) is 5.98. The average Bonchev–Trinajstić information content (AvgIpc) is 2.99. The Hall–Kier alpha value is -3.65. The number of carbonyl (C=O) groups excluding carboxylic acids is 3. The lowest BCUT2D eigenvalue weighted by atomic mass is 10.0. The van der Waals surface area contributed by atoms with Crippen LogP contribution in [-0.2, 0) is 19.1 Å². The normalized spacial score (nSPS) is 13.7. The number of amides is 3. The van der Waals surface area contributed by atoms with Crippen molar-refractivity contribution in [3.63, 3.8) is 0 Å². The molecule has 1 aliphatic rings. The van der Waals surface area contributed by atoms with Crippen LogP contribution in [-0.4, -0.2) is 48.5 Å². The summed E-state index contributed by atoms with van der Waals surface area (Å²) in [5.41, 5.74) is 2.30. The molecule has 2 N–H and O–H groups in total. The van der Waals surface area contributed by atoms with Crippen molar-refractivity contribution in [3.8, 4) is 5.75 Å². The average molecular weight is 452 g/mol. The fraction of sp³-hybridized carbons (Fsp3) is 0.320. The fourth-order valence-electron chi connectivity index (χ4n) is 3.41. The minimum atomic E-state index is -0.415. The quantitative estimate of drug-likeness (QED) is 0.535. The Balaban J connectivity index is 1.92. The van der Waals surface area contributed by atoms with E-state index in [1.807, 2.05) is 20.8 Å². The van der Waals surface area contributed by atoms with Gasteiger partial charge in [-0.15, -0.1) is 0 Å². The van der Waals surface area contributed by atoms with Gasteiger partial charge in [0.2, 0.25) is 5.91 Å². The second kappa shape index (κ2) is 10.8. The number of ether oxygens (including phenoxy) is 2. The molecule has 0 fully saturated rings. The van der Waals surface area contributed by atoms with Crippen LogP contribution in [0.25, 0.3) is 5.57 Å². The number of carbonyl (C=O) groups is 3. The van der Waals surface area contributed by atoms with Gasteiger partial charge in [-0.25, -0.2) is 0 Å². The third-order valence-corrected chi connectivity index (χ3v) is 4.86. The number of imide groups is 1. The first-order chi connectivity index (χ1) is 15.8. The molecule has 2 aromatic rings. The van der Waals surface area contributed by atoms with Crippen LogP contribution < -0.4 is 15.4 Å². The summed E-state index contributed by atoms with van der Waals surface area (Å²) in [4.78, 5) is 39.0. The number of hydrogen-bond acceptors (Lipinski definition) is 6. The number of anilines is 2. The molecule has 0 saturated heterocycles. The van der Waals surface area contributed by atoms with Gasteiger partial charge in [0.25, 0.3) is 11.8 Å². The van der Waals surface area contributed by atoms with E-state index in [2.05, 4.69) is 10.6 Å². The first-order valence-electron chi connectivity index (χ1n) is 10.9. The lowest BCUT2D eigenvalue weighted by Crippen LogP contribution is -2.35. The minimum absolute atomic E-state index is 0.00648. The van der Waals surface area contributed by atoms with Gasteiger partial charge >= 0.3 is 0 Å². The van der Waals surface area contributed by atoms with E-state index in [0.717, 1.165) is 0 Å². The molecule has 0 saturated carbocycles. The summed E-state index contributed by atoms with van der Waals surface area (Å²) < 4.78 is 11.0. The monoisotopic (exact) mass is 451 g/mol. The van der Waals surface area contributed by atoms with E-state index in [9.17, 15) is 14.4 Å². The Morgan fingerprint density at radius 2 is 1.61 bits per heavy atom. The number of hydrogen-bond donors (Lipinski definition) is 2. The van der Waals surface area contributed by atoms with Gasteiger partial charge in [0.15, 0.2) is 0 Å². The molecule has 0 bridgehead atoms. The smallest absolute Gasteiger partial charge is 0.278 e. The van der Waals surface area contributed by atoms with Crippen LogP contribution in [0.4, 0.5) is 11.4 Å². The summed E-state index contributed by atoms with van der Waals surface area (Å²) in [5, 5.41) is 5.81. The highest BCUT2D eigenvalue weighted by molar-refractivity contribution is 6.36. The molecular formula is C25H29N3O5. The van der Waals surface area contributed by atoms with E-state index < -0.39 is 11.8 Å². The van der Waals surface area contributed by atoms with Crippen molar-refractivity contribution in [2.24, 2.45) is 0 Å². The zero-order chi connectivity index (χ0) is 24.0. The molecule has 33 heavy (non-hydrogen) atoms. The van der Waals surface area contributed by atoms with Crippen molar-refractivity contribution in [3.05, 3.63) is 59.8 Å². The van der Waals surface area contributed by atoms with Crippen molar-refractivity contribution in [1.82, 2.24) is 4.90 Å². The maximum Gasteiger partial charge on any atom is 0.278 e. The molecule has 3 amide bonds. The predicted octanol–water partition coefficient (Wildman–Crippen LogP) is 3.66. The zero-order valence-corrected chi connectivity index (χ0v) is 19.3. The molecule has 0 aliphatic carbocycles. The molecule has 1 heterocycles. The highest BCUT2D eigenvalue weighted by Gasteiger charge is 2.39. The van der Waals surface area contributed by atoms with Crippen molar-refractivity contribution in [2.75, 3.05) is 30.4 Å². The Morgan fingerprint density at radius 3 is 2.18 bits per heavy atom. The van der Waals surface area contributed by atoms with Gasteiger partial charge in [0, 0.05) is 18.3 Å². The van der Waals surface area contributed by atoms with Crippen LogP contribution in [0.5, 0.6) is 5.75 Å². The molecule has 0 radical (unpaired) electrons. The van der Waals surface area contributed by atoms with Gasteiger partial charge < -0.3 is 20.1 Å². The molecule has 0 spiro atoms. The molecule has 0 aromatic heterocycles. The van der Waals surface area contributed by atoms with Crippen molar-refractivity contribution < 1.29 is 23.9 Å². The molecule has 174 valence electrons. The molecule has 8 heteroatoms. The van der Waals surface area contributed by atoms with E-state index >= 15 is 0 Å². The largest absolute Gasteiger partial charge is 0.494 e. The van der Waals surface area contributed by atoms with Crippen molar-refractivity contribution in [1.29, 1.82) is 0 Å². The third-order valence-electron chi connectivity index (χ3n) is 4.86. The fourth-order valence-corrected chi connectivity index (χ4v) is 3.41. The summed E-state index contributed by atoms with van der Waals surface area (Å²) in [5.74, 6) is -0.286. The lowest BCUT2D eigenvalue weighted by Gasteiger charge is -2.16.